The first-order valence-corrected chi connectivity index (χ1v) is 6.16. The largest absolute Gasteiger partial charge is 0.507 e. The van der Waals surface area contributed by atoms with Crippen LogP contribution in [0.2, 0.25) is 0 Å². The van der Waals surface area contributed by atoms with E-state index in [0.29, 0.717) is 11.1 Å². The van der Waals surface area contributed by atoms with Gasteiger partial charge in [-0.15, -0.1) is 0 Å². The number of phenols is 1. The van der Waals surface area contributed by atoms with Crippen LogP contribution in [-0.4, -0.2) is 10.9 Å². The summed E-state index contributed by atoms with van der Waals surface area (Å²) in [4.78, 5) is 12.4. The van der Waals surface area contributed by atoms with Crippen molar-refractivity contribution < 1.29 is 9.90 Å². The first kappa shape index (κ1) is 10.3. The molecule has 0 fully saturated rings. The van der Waals surface area contributed by atoms with E-state index in [1.54, 1.807) is 6.07 Å². The summed E-state index contributed by atoms with van der Waals surface area (Å²) in [5.74, 6) is 0.155. The summed E-state index contributed by atoms with van der Waals surface area (Å²) in [6.45, 7) is 0. The maximum Gasteiger partial charge on any atom is 0.194 e. The van der Waals surface area contributed by atoms with Crippen molar-refractivity contribution in [2.75, 3.05) is 0 Å². The minimum Gasteiger partial charge on any atom is -0.507 e. The summed E-state index contributed by atoms with van der Waals surface area (Å²) in [6, 6.07) is 16.8. The van der Waals surface area contributed by atoms with Crippen LogP contribution in [-0.2, 0) is 0 Å². The lowest BCUT2D eigenvalue weighted by atomic mass is 9.97. The van der Waals surface area contributed by atoms with Crippen LogP contribution < -0.4 is 0 Å². The highest BCUT2D eigenvalue weighted by molar-refractivity contribution is 6.26. The minimum atomic E-state index is -0.00773. The molecule has 0 aliphatic heterocycles. The van der Waals surface area contributed by atoms with Gasteiger partial charge in [0.1, 0.15) is 5.75 Å². The lowest BCUT2D eigenvalue weighted by Gasteiger charge is -2.07. The highest BCUT2D eigenvalue weighted by atomic mass is 16.3. The van der Waals surface area contributed by atoms with E-state index >= 15 is 0 Å². The van der Waals surface area contributed by atoms with Gasteiger partial charge >= 0.3 is 0 Å². The Kier molecular flexibility index (Phi) is 1.88. The van der Waals surface area contributed by atoms with E-state index in [1.807, 2.05) is 48.5 Å². The SMILES string of the molecule is O=C1c2ccccc2-c2c1cc(O)c1ccccc21. The summed E-state index contributed by atoms with van der Waals surface area (Å²) < 4.78 is 0. The number of carbonyl (C=O) groups is 1. The van der Waals surface area contributed by atoms with E-state index in [2.05, 4.69) is 0 Å². The van der Waals surface area contributed by atoms with Crippen LogP contribution in [0.4, 0.5) is 0 Å². The number of aromatic hydroxyl groups is 1. The Labute approximate surface area is 109 Å². The maximum absolute atomic E-state index is 12.4. The molecule has 1 aliphatic rings. The molecule has 3 aromatic carbocycles. The number of benzene rings is 3. The van der Waals surface area contributed by atoms with Crippen LogP contribution in [0.25, 0.3) is 21.9 Å². The van der Waals surface area contributed by atoms with Crippen molar-refractivity contribution in [2.45, 2.75) is 0 Å². The molecule has 2 heteroatoms. The number of hydrogen-bond acceptors (Lipinski definition) is 2. The van der Waals surface area contributed by atoms with Gasteiger partial charge in [-0.1, -0.05) is 48.5 Å². The molecule has 90 valence electrons. The number of hydrogen-bond donors (Lipinski definition) is 1. The predicted molar refractivity (Wildman–Crippen MR) is 74.5 cm³/mol. The van der Waals surface area contributed by atoms with Crippen molar-refractivity contribution in [1.29, 1.82) is 0 Å². The second-order valence-electron chi connectivity index (χ2n) is 4.74. The minimum absolute atomic E-state index is 0.00773. The second-order valence-corrected chi connectivity index (χ2v) is 4.74. The van der Waals surface area contributed by atoms with E-state index in [4.69, 9.17) is 0 Å². The molecule has 3 aromatic rings. The first-order valence-electron chi connectivity index (χ1n) is 6.16. The number of carbonyl (C=O) groups excluding carboxylic acids is 1. The van der Waals surface area contributed by atoms with Crippen molar-refractivity contribution in [3.63, 3.8) is 0 Å². The van der Waals surface area contributed by atoms with Gasteiger partial charge in [-0.25, -0.2) is 0 Å². The predicted octanol–water partition coefficient (Wildman–Crippen LogP) is 3.76. The van der Waals surface area contributed by atoms with E-state index in [9.17, 15) is 9.90 Å². The fourth-order valence-corrected chi connectivity index (χ4v) is 2.87. The highest BCUT2D eigenvalue weighted by Crippen LogP contribution is 2.43. The standard InChI is InChI=1S/C17H10O2/c18-15-9-14-16(11-6-2-1-5-10(11)15)12-7-3-4-8-13(12)17(14)19/h1-9,18H. The molecule has 0 radical (unpaired) electrons. The smallest absolute Gasteiger partial charge is 0.194 e. The molecular formula is C17H10O2. The van der Waals surface area contributed by atoms with Gasteiger partial charge in [0.05, 0.1) is 0 Å². The van der Waals surface area contributed by atoms with Crippen molar-refractivity contribution in [3.05, 3.63) is 65.7 Å². The lowest BCUT2D eigenvalue weighted by Crippen LogP contribution is -1.94. The fraction of sp³-hybridized carbons (Fsp3) is 0. The van der Waals surface area contributed by atoms with Crippen LogP contribution in [0.3, 0.4) is 0 Å². The molecule has 0 atom stereocenters. The topological polar surface area (TPSA) is 37.3 Å². The van der Waals surface area contributed by atoms with Crippen molar-refractivity contribution in [1.82, 2.24) is 0 Å². The van der Waals surface area contributed by atoms with Gasteiger partial charge in [-0.2, -0.15) is 0 Å². The Morgan fingerprint density at radius 3 is 2.16 bits per heavy atom. The molecule has 0 unspecified atom stereocenters. The first-order chi connectivity index (χ1) is 9.27. The van der Waals surface area contributed by atoms with Crippen molar-refractivity contribution in [2.24, 2.45) is 0 Å². The Morgan fingerprint density at radius 1 is 0.737 bits per heavy atom. The third-order valence-electron chi connectivity index (χ3n) is 3.71. The average Bonchev–Trinajstić information content (AvgIpc) is 2.73. The van der Waals surface area contributed by atoms with Gasteiger partial charge in [-0.05, 0) is 17.0 Å². The molecule has 0 amide bonds. The van der Waals surface area contributed by atoms with Crippen LogP contribution in [0.15, 0.2) is 54.6 Å². The zero-order chi connectivity index (χ0) is 13.0. The maximum atomic E-state index is 12.4. The number of fused-ring (bicyclic) bond motifs is 5. The molecule has 4 rings (SSSR count). The van der Waals surface area contributed by atoms with Crippen LogP contribution in [0.5, 0.6) is 5.75 Å². The van der Waals surface area contributed by atoms with Gasteiger partial charge in [-0.3, -0.25) is 4.79 Å². The molecule has 19 heavy (non-hydrogen) atoms. The molecule has 0 spiro atoms. The zero-order valence-electron chi connectivity index (χ0n) is 10.1. The summed E-state index contributed by atoms with van der Waals surface area (Å²) in [5, 5.41) is 11.8. The molecule has 0 saturated carbocycles. The second kappa shape index (κ2) is 3.45. The third kappa shape index (κ3) is 1.23. The average molecular weight is 246 g/mol. The molecule has 0 heterocycles. The van der Waals surface area contributed by atoms with Crippen LogP contribution >= 0.6 is 0 Å². The lowest BCUT2D eigenvalue weighted by molar-refractivity contribution is 0.104. The van der Waals surface area contributed by atoms with Crippen LogP contribution in [0.1, 0.15) is 15.9 Å². The van der Waals surface area contributed by atoms with Crippen molar-refractivity contribution in [3.8, 4) is 16.9 Å². The Balaban J connectivity index is 2.24. The van der Waals surface area contributed by atoms with Gasteiger partial charge in [0.25, 0.3) is 0 Å². The normalized spacial score (nSPS) is 12.5. The molecule has 0 bridgehead atoms. The van der Waals surface area contributed by atoms with E-state index < -0.39 is 0 Å². The molecule has 0 aromatic heterocycles. The fourth-order valence-electron chi connectivity index (χ4n) is 2.87. The van der Waals surface area contributed by atoms with E-state index in [1.165, 1.54) is 0 Å². The van der Waals surface area contributed by atoms with Crippen molar-refractivity contribution >= 4 is 16.6 Å². The molecule has 2 nitrogen and oxygen atoms in total. The summed E-state index contributed by atoms with van der Waals surface area (Å²) in [7, 11) is 0. The molecule has 0 saturated heterocycles. The van der Waals surface area contributed by atoms with Gasteiger partial charge < -0.3 is 5.11 Å². The monoisotopic (exact) mass is 246 g/mol. The zero-order valence-corrected chi connectivity index (χ0v) is 10.1. The molecule has 1 aliphatic carbocycles. The number of ketones is 1. The summed E-state index contributed by atoms with van der Waals surface area (Å²) in [6.07, 6.45) is 0. The number of phenolic OH excluding ortho intramolecular Hbond substituents is 1. The molecular weight excluding hydrogens is 236 g/mol. The quantitative estimate of drug-likeness (QED) is 0.513. The summed E-state index contributed by atoms with van der Waals surface area (Å²) >= 11 is 0. The summed E-state index contributed by atoms with van der Waals surface area (Å²) in [5.41, 5.74) is 3.21. The molecule has 1 N–H and O–H groups in total. The van der Waals surface area contributed by atoms with E-state index in [0.717, 1.165) is 21.9 Å². The van der Waals surface area contributed by atoms with Gasteiger partial charge in [0, 0.05) is 22.1 Å². The van der Waals surface area contributed by atoms with Gasteiger partial charge in [0.2, 0.25) is 0 Å². The Bertz CT molecular complexity index is 847. The van der Waals surface area contributed by atoms with E-state index in [-0.39, 0.29) is 11.5 Å². The third-order valence-corrected chi connectivity index (χ3v) is 3.71. The van der Waals surface area contributed by atoms with Crippen LogP contribution in [0, 0.1) is 0 Å². The highest BCUT2D eigenvalue weighted by Gasteiger charge is 2.28. The Morgan fingerprint density at radius 2 is 1.37 bits per heavy atom. The van der Waals surface area contributed by atoms with Gasteiger partial charge in [0.15, 0.2) is 5.78 Å². The number of rotatable bonds is 0. The Hall–Kier alpha value is -2.61.